The molecule has 0 aliphatic carbocycles. The molecule has 0 aromatic rings. The van der Waals surface area contributed by atoms with Crippen LogP contribution in [0.1, 0.15) is 6.42 Å². The first-order valence-corrected chi connectivity index (χ1v) is 5.05. The van der Waals surface area contributed by atoms with Gasteiger partial charge in [0.25, 0.3) is 0 Å². The Bertz CT molecular complexity index is 273. The predicted molar refractivity (Wildman–Crippen MR) is 58.2 cm³/mol. The lowest BCUT2D eigenvalue weighted by molar-refractivity contribution is 0.220. The van der Waals surface area contributed by atoms with E-state index in [1.807, 2.05) is 6.08 Å². The number of nitrogens with two attached hydrogens (primary N) is 1. The van der Waals surface area contributed by atoms with Gasteiger partial charge in [-0.2, -0.15) is 0 Å². The zero-order valence-corrected chi connectivity index (χ0v) is 8.74. The molecule has 78 valence electrons. The molecule has 0 aromatic heterocycles. The fourth-order valence-electron chi connectivity index (χ4n) is 2.47. The zero-order valence-electron chi connectivity index (χ0n) is 8.74. The van der Waals surface area contributed by atoms with Crippen LogP contribution in [0.5, 0.6) is 0 Å². The van der Waals surface area contributed by atoms with Crippen molar-refractivity contribution in [2.24, 2.45) is 10.7 Å². The largest absolute Gasteiger partial charge is 0.370 e. The highest BCUT2D eigenvalue weighted by Gasteiger charge is 2.45. The van der Waals surface area contributed by atoms with E-state index in [-0.39, 0.29) is 5.54 Å². The maximum Gasteiger partial charge on any atom is 0.192 e. The summed E-state index contributed by atoms with van der Waals surface area (Å²) in [6, 6.07) is 0. The van der Waals surface area contributed by atoms with Gasteiger partial charge in [0.1, 0.15) is 0 Å². The van der Waals surface area contributed by atoms with Crippen molar-refractivity contribution in [3.05, 3.63) is 12.7 Å². The Balaban J connectivity index is 2.16. The monoisotopic (exact) mass is 194 g/mol. The highest BCUT2D eigenvalue weighted by atomic mass is 15.4. The third kappa shape index (κ3) is 1.30. The lowest BCUT2D eigenvalue weighted by Gasteiger charge is -2.35. The summed E-state index contributed by atoms with van der Waals surface area (Å²) in [6.45, 7) is 7.62. The Hall–Kier alpha value is -1.03. The number of hydrogen-bond acceptors (Lipinski definition) is 4. The van der Waals surface area contributed by atoms with E-state index in [9.17, 15) is 0 Å². The SMILES string of the molecule is C=CCN1C(N)=NCC12CCN(C)C2. The Kier molecular flexibility index (Phi) is 2.23. The fraction of sp³-hybridized carbons (Fsp3) is 0.700. The summed E-state index contributed by atoms with van der Waals surface area (Å²) in [5, 5.41) is 0. The van der Waals surface area contributed by atoms with E-state index >= 15 is 0 Å². The molecule has 1 spiro atoms. The number of likely N-dealkylation sites (tertiary alicyclic amines) is 1. The molecular weight excluding hydrogens is 176 g/mol. The van der Waals surface area contributed by atoms with Gasteiger partial charge in [-0.1, -0.05) is 6.08 Å². The topological polar surface area (TPSA) is 44.9 Å². The van der Waals surface area contributed by atoms with Crippen molar-refractivity contribution >= 4 is 5.96 Å². The van der Waals surface area contributed by atoms with Crippen molar-refractivity contribution in [1.82, 2.24) is 9.80 Å². The molecule has 2 aliphatic rings. The molecule has 14 heavy (non-hydrogen) atoms. The van der Waals surface area contributed by atoms with Crippen LogP contribution in [-0.4, -0.2) is 54.5 Å². The Morgan fingerprint density at radius 2 is 2.50 bits per heavy atom. The minimum absolute atomic E-state index is 0.160. The molecule has 4 heteroatoms. The highest BCUT2D eigenvalue weighted by Crippen LogP contribution is 2.31. The fourth-order valence-corrected chi connectivity index (χ4v) is 2.47. The first kappa shape index (κ1) is 9.52. The molecule has 4 nitrogen and oxygen atoms in total. The molecule has 0 bridgehead atoms. The quantitative estimate of drug-likeness (QED) is 0.623. The van der Waals surface area contributed by atoms with E-state index in [2.05, 4.69) is 28.4 Å². The van der Waals surface area contributed by atoms with Crippen LogP contribution in [0.4, 0.5) is 0 Å². The van der Waals surface area contributed by atoms with Crippen molar-refractivity contribution in [3.63, 3.8) is 0 Å². The highest BCUT2D eigenvalue weighted by molar-refractivity contribution is 5.81. The number of likely N-dealkylation sites (N-methyl/N-ethyl adjacent to an activating group) is 1. The second kappa shape index (κ2) is 3.28. The van der Waals surface area contributed by atoms with Gasteiger partial charge in [-0.3, -0.25) is 4.99 Å². The number of aliphatic imine (C=N–C) groups is 1. The Morgan fingerprint density at radius 1 is 1.71 bits per heavy atom. The van der Waals surface area contributed by atoms with Crippen molar-refractivity contribution in [2.75, 3.05) is 33.2 Å². The van der Waals surface area contributed by atoms with Gasteiger partial charge in [-0.05, 0) is 13.5 Å². The number of guanidine groups is 1. The van der Waals surface area contributed by atoms with Gasteiger partial charge in [0.2, 0.25) is 0 Å². The summed E-state index contributed by atoms with van der Waals surface area (Å²) in [5.41, 5.74) is 6.03. The van der Waals surface area contributed by atoms with Gasteiger partial charge in [-0.25, -0.2) is 0 Å². The summed E-state index contributed by atoms with van der Waals surface area (Å²) in [4.78, 5) is 8.89. The third-order valence-electron chi connectivity index (χ3n) is 3.22. The van der Waals surface area contributed by atoms with Gasteiger partial charge >= 0.3 is 0 Å². The smallest absolute Gasteiger partial charge is 0.192 e. The van der Waals surface area contributed by atoms with Crippen LogP contribution in [0.3, 0.4) is 0 Å². The predicted octanol–water partition coefficient (Wildman–Crippen LogP) is -0.123. The minimum atomic E-state index is 0.160. The average molecular weight is 194 g/mol. The standard InChI is InChI=1S/C10H18N4/c1-3-5-14-9(11)12-7-10(14)4-6-13(2)8-10/h3H,1,4-8H2,2H3,(H2,11,12). The van der Waals surface area contributed by atoms with Gasteiger partial charge in [-0.15, -0.1) is 6.58 Å². The van der Waals surface area contributed by atoms with Crippen LogP contribution in [0, 0.1) is 0 Å². The van der Waals surface area contributed by atoms with Crippen LogP contribution in [0.2, 0.25) is 0 Å². The molecule has 2 N–H and O–H groups in total. The van der Waals surface area contributed by atoms with Crippen molar-refractivity contribution in [2.45, 2.75) is 12.0 Å². The van der Waals surface area contributed by atoms with E-state index in [0.717, 1.165) is 32.6 Å². The number of hydrogen-bond donors (Lipinski definition) is 1. The summed E-state index contributed by atoms with van der Waals surface area (Å²) in [7, 11) is 2.15. The van der Waals surface area contributed by atoms with Gasteiger partial charge in [0.15, 0.2) is 5.96 Å². The molecule has 0 aromatic carbocycles. The third-order valence-corrected chi connectivity index (χ3v) is 3.22. The summed E-state index contributed by atoms with van der Waals surface area (Å²) in [6.07, 6.45) is 3.05. The zero-order chi connectivity index (χ0) is 10.2. The van der Waals surface area contributed by atoms with Crippen molar-refractivity contribution in [1.29, 1.82) is 0 Å². The first-order chi connectivity index (χ1) is 6.68. The second-order valence-corrected chi connectivity index (χ2v) is 4.29. The van der Waals surface area contributed by atoms with E-state index < -0.39 is 0 Å². The molecule has 2 heterocycles. The molecule has 1 saturated heterocycles. The summed E-state index contributed by atoms with van der Waals surface area (Å²) in [5.74, 6) is 0.681. The molecule has 0 radical (unpaired) electrons. The van der Waals surface area contributed by atoms with Crippen LogP contribution < -0.4 is 5.73 Å². The first-order valence-electron chi connectivity index (χ1n) is 5.05. The molecule has 1 unspecified atom stereocenters. The summed E-state index contributed by atoms with van der Waals surface area (Å²) >= 11 is 0. The maximum atomic E-state index is 5.87. The van der Waals surface area contributed by atoms with E-state index in [4.69, 9.17) is 5.73 Å². The van der Waals surface area contributed by atoms with Crippen molar-refractivity contribution < 1.29 is 0 Å². The lowest BCUT2D eigenvalue weighted by atomic mass is 9.98. The second-order valence-electron chi connectivity index (χ2n) is 4.29. The van der Waals surface area contributed by atoms with E-state index in [1.165, 1.54) is 0 Å². The molecule has 0 saturated carbocycles. The van der Waals surface area contributed by atoms with Gasteiger partial charge in [0, 0.05) is 19.6 Å². The average Bonchev–Trinajstić information content (AvgIpc) is 2.66. The summed E-state index contributed by atoms with van der Waals surface area (Å²) < 4.78 is 0. The van der Waals surface area contributed by atoms with Gasteiger partial charge < -0.3 is 15.5 Å². The maximum absolute atomic E-state index is 5.87. The number of nitrogens with zero attached hydrogens (tertiary/aromatic N) is 3. The Labute approximate surface area is 85.1 Å². The van der Waals surface area contributed by atoms with Crippen molar-refractivity contribution in [3.8, 4) is 0 Å². The molecule has 0 amide bonds. The molecule has 2 aliphatic heterocycles. The molecular formula is C10H18N4. The molecule has 2 rings (SSSR count). The minimum Gasteiger partial charge on any atom is -0.370 e. The van der Waals surface area contributed by atoms with E-state index in [0.29, 0.717) is 5.96 Å². The van der Waals surface area contributed by atoms with E-state index in [1.54, 1.807) is 0 Å². The molecule has 1 atom stereocenters. The lowest BCUT2D eigenvalue weighted by Crippen LogP contribution is -2.53. The number of rotatable bonds is 2. The Morgan fingerprint density at radius 3 is 3.07 bits per heavy atom. The van der Waals surface area contributed by atoms with Crippen LogP contribution in [-0.2, 0) is 0 Å². The normalized spacial score (nSPS) is 32.6. The molecule has 1 fully saturated rings. The van der Waals surface area contributed by atoms with Gasteiger partial charge in [0.05, 0.1) is 12.1 Å². The van der Waals surface area contributed by atoms with Crippen LogP contribution >= 0.6 is 0 Å². The van der Waals surface area contributed by atoms with Crippen LogP contribution in [0.15, 0.2) is 17.6 Å². The van der Waals surface area contributed by atoms with Crippen LogP contribution in [0.25, 0.3) is 0 Å².